The summed E-state index contributed by atoms with van der Waals surface area (Å²) >= 11 is 0. The molecule has 2 aliphatic heterocycles. The summed E-state index contributed by atoms with van der Waals surface area (Å²) in [6, 6.07) is 8.81. The van der Waals surface area contributed by atoms with Crippen molar-refractivity contribution < 1.29 is 0 Å². The van der Waals surface area contributed by atoms with Crippen LogP contribution in [0.2, 0.25) is 0 Å². The molecule has 1 fully saturated rings. The van der Waals surface area contributed by atoms with Crippen molar-refractivity contribution in [3.05, 3.63) is 53.7 Å². The fourth-order valence-electron chi connectivity index (χ4n) is 4.65. The van der Waals surface area contributed by atoms with Crippen molar-refractivity contribution >= 4 is 23.1 Å². The van der Waals surface area contributed by atoms with Crippen LogP contribution in [0.25, 0.3) is 0 Å². The van der Waals surface area contributed by atoms with E-state index in [2.05, 4.69) is 59.2 Å². The Balaban J connectivity index is 1.33. The number of fused-ring (bicyclic) bond motifs is 1. The van der Waals surface area contributed by atoms with E-state index in [9.17, 15) is 0 Å². The predicted molar refractivity (Wildman–Crippen MR) is 129 cm³/mol. The molecule has 0 aliphatic carbocycles. The molecule has 1 aromatic carbocycles. The second kappa shape index (κ2) is 9.16. The van der Waals surface area contributed by atoms with Gasteiger partial charge in [0.2, 0.25) is 5.95 Å². The summed E-state index contributed by atoms with van der Waals surface area (Å²) < 4.78 is 0. The van der Waals surface area contributed by atoms with E-state index in [0.717, 1.165) is 54.6 Å². The number of anilines is 4. The number of piperidine rings is 1. The number of nitrogens with zero attached hydrogens (tertiary/aromatic N) is 6. The molecule has 8 nitrogen and oxygen atoms in total. The van der Waals surface area contributed by atoms with Crippen LogP contribution in [0.5, 0.6) is 0 Å². The van der Waals surface area contributed by atoms with Gasteiger partial charge < -0.3 is 20.1 Å². The molecule has 0 amide bonds. The molecule has 32 heavy (non-hydrogen) atoms. The summed E-state index contributed by atoms with van der Waals surface area (Å²) in [6.45, 7) is 5.12. The number of imidazole rings is 1. The molecular formula is C24H32N8. The van der Waals surface area contributed by atoms with Crippen LogP contribution in [0.1, 0.15) is 36.2 Å². The first-order valence-electron chi connectivity index (χ1n) is 11.6. The van der Waals surface area contributed by atoms with E-state index in [-0.39, 0.29) is 0 Å². The van der Waals surface area contributed by atoms with Crippen molar-refractivity contribution in [3.8, 4) is 0 Å². The molecule has 2 N–H and O–H groups in total. The van der Waals surface area contributed by atoms with Crippen molar-refractivity contribution in [1.82, 2.24) is 24.8 Å². The maximum atomic E-state index is 4.95. The molecule has 3 aromatic rings. The molecule has 2 aromatic heterocycles. The van der Waals surface area contributed by atoms with E-state index in [0.29, 0.717) is 5.95 Å². The average Bonchev–Trinajstić information content (AvgIpc) is 3.32. The van der Waals surface area contributed by atoms with Crippen LogP contribution < -0.4 is 15.1 Å². The minimum absolute atomic E-state index is 0.693. The normalized spacial score (nSPS) is 16.6. The zero-order valence-electron chi connectivity index (χ0n) is 19.0. The van der Waals surface area contributed by atoms with Crippen molar-refractivity contribution in [2.45, 2.75) is 38.8 Å². The lowest BCUT2D eigenvalue weighted by Gasteiger charge is -2.29. The molecule has 4 heterocycles. The monoisotopic (exact) mass is 432 g/mol. The second-order valence-corrected chi connectivity index (χ2v) is 8.72. The summed E-state index contributed by atoms with van der Waals surface area (Å²) in [5.74, 6) is 1.62. The van der Waals surface area contributed by atoms with Crippen LogP contribution in [0.4, 0.5) is 23.1 Å². The molecular weight excluding hydrogens is 400 g/mol. The minimum Gasteiger partial charge on any atom is -0.384 e. The van der Waals surface area contributed by atoms with Gasteiger partial charge >= 0.3 is 0 Å². The quantitative estimate of drug-likeness (QED) is 0.617. The van der Waals surface area contributed by atoms with E-state index in [1.54, 1.807) is 6.33 Å². The molecule has 0 radical (unpaired) electrons. The van der Waals surface area contributed by atoms with Gasteiger partial charge in [0.15, 0.2) is 5.82 Å². The van der Waals surface area contributed by atoms with E-state index in [1.165, 1.54) is 37.9 Å². The Morgan fingerprint density at radius 2 is 1.88 bits per heavy atom. The van der Waals surface area contributed by atoms with Gasteiger partial charge in [0.25, 0.3) is 0 Å². The first-order chi connectivity index (χ1) is 15.7. The highest BCUT2D eigenvalue weighted by Crippen LogP contribution is 2.30. The van der Waals surface area contributed by atoms with Crippen molar-refractivity contribution in [2.24, 2.45) is 0 Å². The molecule has 8 heteroatoms. The Morgan fingerprint density at radius 1 is 1.06 bits per heavy atom. The topological polar surface area (TPSA) is 76.2 Å². The van der Waals surface area contributed by atoms with Gasteiger partial charge in [-0.05, 0) is 43.6 Å². The first kappa shape index (κ1) is 20.8. The summed E-state index contributed by atoms with van der Waals surface area (Å²) in [6.07, 6.45) is 8.58. The zero-order valence-corrected chi connectivity index (χ0v) is 19.0. The molecule has 1 saturated heterocycles. The van der Waals surface area contributed by atoms with Gasteiger partial charge in [-0.2, -0.15) is 4.98 Å². The summed E-state index contributed by atoms with van der Waals surface area (Å²) in [5, 5.41) is 3.25. The van der Waals surface area contributed by atoms with E-state index in [4.69, 9.17) is 4.98 Å². The largest absolute Gasteiger partial charge is 0.384 e. The van der Waals surface area contributed by atoms with Gasteiger partial charge in [-0.15, -0.1) is 0 Å². The minimum atomic E-state index is 0.693. The van der Waals surface area contributed by atoms with Gasteiger partial charge in [-0.3, -0.25) is 4.90 Å². The van der Waals surface area contributed by atoms with Gasteiger partial charge in [-0.1, -0.05) is 18.6 Å². The molecule has 0 unspecified atom stereocenters. The lowest BCUT2D eigenvalue weighted by Crippen LogP contribution is -2.32. The predicted octanol–water partition coefficient (Wildman–Crippen LogP) is 3.56. The van der Waals surface area contributed by atoms with E-state index < -0.39 is 0 Å². The van der Waals surface area contributed by atoms with Crippen LogP contribution in [0.15, 0.2) is 36.8 Å². The van der Waals surface area contributed by atoms with Gasteiger partial charge in [0.1, 0.15) is 0 Å². The fourth-order valence-corrected chi connectivity index (χ4v) is 4.65. The Bertz CT molecular complexity index is 1040. The highest BCUT2D eigenvalue weighted by molar-refractivity contribution is 5.68. The highest BCUT2D eigenvalue weighted by atomic mass is 15.3. The Hall–Kier alpha value is -3.13. The van der Waals surface area contributed by atoms with Crippen LogP contribution in [0.3, 0.4) is 0 Å². The number of hydrogen-bond acceptors (Lipinski definition) is 7. The van der Waals surface area contributed by atoms with Gasteiger partial charge in [0, 0.05) is 39.3 Å². The molecule has 168 valence electrons. The lowest BCUT2D eigenvalue weighted by atomic mass is 10.1. The number of rotatable bonds is 6. The molecule has 0 saturated carbocycles. The zero-order chi connectivity index (χ0) is 21.9. The Kier molecular flexibility index (Phi) is 5.94. The molecule has 0 spiro atoms. The Labute approximate surface area is 189 Å². The maximum absolute atomic E-state index is 4.95. The third-order valence-electron chi connectivity index (χ3n) is 6.58. The molecule has 0 bridgehead atoms. The molecule has 0 atom stereocenters. The highest BCUT2D eigenvalue weighted by Gasteiger charge is 2.23. The summed E-state index contributed by atoms with van der Waals surface area (Å²) in [5.41, 5.74) is 5.70. The third kappa shape index (κ3) is 4.27. The van der Waals surface area contributed by atoms with Crippen LogP contribution in [-0.2, 0) is 19.5 Å². The van der Waals surface area contributed by atoms with E-state index >= 15 is 0 Å². The third-order valence-corrected chi connectivity index (χ3v) is 6.58. The average molecular weight is 433 g/mol. The number of benzene rings is 1. The van der Waals surface area contributed by atoms with Gasteiger partial charge in [-0.25, -0.2) is 9.97 Å². The van der Waals surface area contributed by atoms with Crippen LogP contribution >= 0.6 is 0 Å². The van der Waals surface area contributed by atoms with Crippen LogP contribution in [-0.4, -0.2) is 58.6 Å². The van der Waals surface area contributed by atoms with Crippen molar-refractivity contribution in [3.63, 3.8) is 0 Å². The first-order valence-corrected chi connectivity index (χ1v) is 11.6. The summed E-state index contributed by atoms with van der Waals surface area (Å²) in [7, 11) is 3.94. The number of H-pyrrole nitrogens is 1. The number of likely N-dealkylation sites (tertiary alicyclic amines) is 1. The van der Waals surface area contributed by atoms with Crippen LogP contribution in [0, 0.1) is 0 Å². The maximum Gasteiger partial charge on any atom is 0.231 e. The smallest absolute Gasteiger partial charge is 0.231 e. The van der Waals surface area contributed by atoms with Gasteiger partial charge in [0.05, 0.1) is 36.1 Å². The fraction of sp³-hybridized carbons (Fsp3) is 0.458. The number of hydrogen-bond donors (Lipinski definition) is 2. The standard InChI is InChI=1S/C24H32N8/c1-25-21-14-26-24(29-23(21)32-13-10-20-22(16-32)28-17-27-20)30(2)19-8-6-18(7-9-19)15-31-11-4-3-5-12-31/h6-9,14,17,25H,3-5,10-13,15-16H2,1-2H3,(H,27,28). The number of nitrogens with one attached hydrogen (secondary N) is 2. The number of aromatic nitrogens is 4. The molecule has 5 rings (SSSR count). The number of aromatic amines is 1. The summed E-state index contributed by atoms with van der Waals surface area (Å²) in [4.78, 5) is 24.2. The van der Waals surface area contributed by atoms with Crippen molar-refractivity contribution in [1.29, 1.82) is 0 Å². The SMILES string of the molecule is CNc1cnc(N(C)c2ccc(CN3CCCCC3)cc2)nc1N1CCc2nc[nH]c2C1. The van der Waals surface area contributed by atoms with Crippen molar-refractivity contribution in [2.75, 3.05) is 48.8 Å². The lowest BCUT2D eigenvalue weighted by molar-refractivity contribution is 0.221. The Morgan fingerprint density at radius 3 is 2.66 bits per heavy atom. The second-order valence-electron chi connectivity index (χ2n) is 8.72. The van der Waals surface area contributed by atoms with E-state index in [1.807, 2.05) is 20.3 Å². The molecule has 2 aliphatic rings.